The normalized spacial score (nSPS) is 22.5. The van der Waals surface area contributed by atoms with E-state index in [0.29, 0.717) is 33.7 Å². The molecule has 0 bridgehead atoms. The molecule has 1 N–H and O–H groups in total. The van der Waals surface area contributed by atoms with Crippen LogP contribution in [0, 0.1) is 5.82 Å². The summed E-state index contributed by atoms with van der Waals surface area (Å²) in [5.74, 6) is -1.86. The zero-order valence-electron chi connectivity index (χ0n) is 14.0. The van der Waals surface area contributed by atoms with Gasteiger partial charge in [0.05, 0.1) is 29.9 Å². The first-order valence-electron chi connectivity index (χ1n) is 8.27. The summed E-state index contributed by atoms with van der Waals surface area (Å²) in [6.45, 7) is 1.88. The summed E-state index contributed by atoms with van der Waals surface area (Å²) in [7, 11) is 1.30. The van der Waals surface area contributed by atoms with E-state index >= 15 is 0 Å². The predicted molar refractivity (Wildman–Crippen MR) is 87.0 cm³/mol. The molecule has 4 rings (SSSR count). The molecule has 2 aliphatic heterocycles. The van der Waals surface area contributed by atoms with Crippen LogP contribution in [-0.4, -0.2) is 25.7 Å². The summed E-state index contributed by atoms with van der Waals surface area (Å²) in [5, 5.41) is 3.07. The highest BCUT2D eigenvalue weighted by molar-refractivity contribution is 6.01. The largest absolute Gasteiger partial charge is 0.466 e. The van der Waals surface area contributed by atoms with Crippen molar-refractivity contribution in [1.82, 2.24) is 5.32 Å². The number of methoxy groups -OCH3 is 1. The van der Waals surface area contributed by atoms with Crippen LogP contribution in [-0.2, 0) is 19.1 Å². The van der Waals surface area contributed by atoms with Gasteiger partial charge in [-0.15, -0.1) is 0 Å². The monoisotopic (exact) mass is 343 g/mol. The maximum absolute atomic E-state index is 14.6. The van der Waals surface area contributed by atoms with Crippen molar-refractivity contribution >= 4 is 11.9 Å². The van der Waals surface area contributed by atoms with Gasteiger partial charge in [-0.3, -0.25) is 0 Å². The van der Waals surface area contributed by atoms with E-state index in [2.05, 4.69) is 5.32 Å². The van der Waals surface area contributed by atoms with Crippen LogP contribution in [0.4, 0.5) is 4.39 Å². The predicted octanol–water partition coefficient (Wildman–Crippen LogP) is 2.65. The highest BCUT2D eigenvalue weighted by Gasteiger charge is 2.44. The number of rotatable bonds is 3. The molecule has 6 heteroatoms. The standard InChI is InChI=1S/C19H18FNO4/c1-9-14(18(22)24-2)16(17-13(21-9)8-25-19(17)23)11-4-3-5-12(20)15(11)10-6-7-10/h3-5,10,16,21H,6-8H2,1-2H3. The maximum atomic E-state index is 14.6. The van der Waals surface area contributed by atoms with Gasteiger partial charge in [-0.05, 0) is 42.9 Å². The number of hydrogen-bond donors (Lipinski definition) is 1. The van der Waals surface area contributed by atoms with Gasteiger partial charge in [0.25, 0.3) is 0 Å². The lowest BCUT2D eigenvalue weighted by Gasteiger charge is -2.29. The lowest BCUT2D eigenvalue weighted by molar-refractivity contribution is -0.136. The first-order valence-corrected chi connectivity index (χ1v) is 8.27. The Morgan fingerprint density at radius 1 is 1.36 bits per heavy atom. The Kier molecular flexibility index (Phi) is 3.63. The molecule has 1 aromatic carbocycles. The summed E-state index contributed by atoms with van der Waals surface area (Å²) in [5.41, 5.74) is 3.17. The van der Waals surface area contributed by atoms with Crippen LogP contribution < -0.4 is 5.32 Å². The number of dihydropyridines is 1. The second kappa shape index (κ2) is 5.72. The molecule has 0 saturated heterocycles. The minimum Gasteiger partial charge on any atom is -0.466 e. The molecule has 1 fully saturated rings. The van der Waals surface area contributed by atoms with Crippen molar-refractivity contribution in [2.45, 2.75) is 31.6 Å². The average Bonchev–Trinajstić information content (AvgIpc) is 3.36. The van der Waals surface area contributed by atoms with Crippen LogP contribution in [0.2, 0.25) is 0 Å². The van der Waals surface area contributed by atoms with Crippen LogP contribution in [0.1, 0.15) is 42.7 Å². The maximum Gasteiger partial charge on any atom is 0.337 e. The molecule has 0 amide bonds. The molecule has 3 aliphatic rings. The minimum atomic E-state index is -0.676. The molecule has 1 saturated carbocycles. The summed E-state index contributed by atoms with van der Waals surface area (Å²) >= 11 is 0. The lowest BCUT2D eigenvalue weighted by Crippen LogP contribution is -2.30. The summed E-state index contributed by atoms with van der Waals surface area (Å²) in [6, 6.07) is 4.83. The van der Waals surface area contributed by atoms with Crippen LogP contribution in [0.3, 0.4) is 0 Å². The average molecular weight is 343 g/mol. The van der Waals surface area contributed by atoms with Crippen LogP contribution in [0.5, 0.6) is 0 Å². The molecule has 2 heterocycles. The van der Waals surface area contributed by atoms with Gasteiger partial charge in [-0.25, -0.2) is 14.0 Å². The van der Waals surface area contributed by atoms with Crippen molar-refractivity contribution in [2.75, 3.05) is 13.7 Å². The zero-order valence-corrected chi connectivity index (χ0v) is 14.0. The van der Waals surface area contributed by atoms with E-state index < -0.39 is 17.9 Å². The van der Waals surface area contributed by atoms with Gasteiger partial charge in [-0.2, -0.15) is 0 Å². The van der Waals surface area contributed by atoms with Crippen LogP contribution in [0.15, 0.2) is 40.7 Å². The zero-order chi connectivity index (χ0) is 17.7. The molecule has 1 unspecified atom stereocenters. The van der Waals surface area contributed by atoms with E-state index in [1.807, 2.05) is 0 Å². The molecule has 25 heavy (non-hydrogen) atoms. The van der Waals surface area contributed by atoms with Crippen molar-refractivity contribution in [1.29, 1.82) is 0 Å². The third-order valence-electron chi connectivity index (χ3n) is 5.00. The van der Waals surface area contributed by atoms with Crippen molar-refractivity contribution in [2.24, 2.45) is 0 Å². The number of hydrogen-bond acceptors (Lipinski definition) is 5. The highest BCUT2D eigenvalue weighted by atomic mass is 19.1. The summed E-state index contributed by atoms with van der Waals surface area (Å²) < 4.78 is 24.7. The smallest absolute Gasteiger partial charge is 0.337 e. The Morgan fingerprint density at radius 2 is 2.12 bits per heavy atom. The van der Waals surface area contributed by atoms with Crippen LogP contribution in [0.25, 0.3) is 0 Å². The number of ether oxygens (including phenoxy) is 2. The number of allylic oxidation sites excluding steroid dienone is 1. The third kappa shape index (κ3) is 2.44. The summed E-state index contributed by atoms with van der Waals surface area (Å²) in [6.07, 6.45) is 1.82. The number of cyclic esters (lactones) is 1. The Morgan fingerprint density at radius 3 is 2.80 bits per heavy atom. The number of carbonyl (C=O) groups is 2. The Hall–Kier alpha value is -2.63. The van der Waals surface area contributed by atoms with Gasteiger partial charge in [0, 0.05) is 5.70 Å². The van der Waals surface area contributed by atoms with E-state index in [-0.39, 0.29) is 18.3 Å². The van der Waals surface area contributed by atoms with Crippen molar-refractivity contribution < 1.29 is 23.5 Å². The van der Waals surface area contributed by atoms with Gasteiger partial charge in [-0.1, -0.05) is 12.1 Å². The van der Waals surface area contributed by atoms with Crippen molar-refractivity contribution in [3.8, 4) is 0 Å². The van der Waals surface area contributed by atoms with Gasteiger partial charge in [0.1, 0.15) is 12.4 Å². The minimum absolute atomic E-state index is 0.130. The van der Waals surface area contributed by atoms with Gasteiger partial charge >= 0.3 is 11.9 Å². The molecular formula is C19H18FNO4. The fourth-order valence-corrected chi connectivity index (χ4v) is 3.77. The van der Waals surface area contributed by atoms with Crippen molar-refractivity contribution in [3.63, 3.8) is 0 Å². The first kappa shape index (κ1) is 15.9. The molecule has 0 spiro atoms. The Labute approximate surface area is 144 Å². The third-order valence-corrected chi connectivity index (χ3v) is 5.00. The molecule has 1 aromatic rings. The number of benzene rings is 1. The van der Waals surface area contributed by atoms with E-state index in [4.69, 9.17) is 9.47 Å². The first-order chi connectivity index (χ1) is 12.0. The fraction of sp³-hybridized carbons (Fsp3) is 0.368. The van der Waals surface area contributed by atoms with Gasteiger partial charge < -0.3 is 14.8 Å². The van der Waals surface area contributed by atoms with Crippen molar-refractivity contribution in [3.05, 3.63) is 57.7 Å². The quantitative estimate of drug-likeness (QED) is 0.855. The van der Waals surface area contributed by atoms with Gasteiger partial charge in [0.15, 0.2) is 0 Å². The molecule has 0 aromatic heterocycles. The van der Waals surface area contributed by atoms with Crippen LogP contribution >= 0.6 is 0 Å². The summed E-state index contributed by atoms with van der Waals surface area (Å²) in [4.78, 5) is 24.8. The second-order valence-corrected chi connectivity index (χ2v) is 6.57. The SMILES string of the molecule is COC(=O)C1=C(C)NC2=C(C(=O)OC2)C1c1cccc(F)c1C1CC1. The molecule has 0 radical (unpaired) electrons. The highest BCUT2D eigenvalue weighted by Crippen LogP contribution is 2.49. The van der Waals surface area contributed by atoms with Gasteiger partial charge in [0.2, 0.25) is 0 Å². The molecule has 1 atom stereocenters. The Balaban J connectivity index is 1.95. The number of halogens is 1. The second-order valence-electron chi connectivity index (χ2n) is 6.57. The van der Waals surface area contributed by atoms with E-state index in [1.165, 1.54) is 13.2 Å². The molecular weight excluding hydrogens is 325 g/mol. The number of esters is 2. The fourth-order valence-electron chi connectivity index (χ4n) is 3.77. The lowest BCUT2D eigenvalue weighted by atomic mass is 9.78. The number of nitrogens with one attached hydrogen (secondary N) is 1. The molecule has 5 nitrogen and oxygen atoms in total. The van der Waals surface area contributed by atoms with E-state index in [1.54, 1.807) is 19.1 Å². The topological polar surface area (TPSA) is 64.6 Å². The molecule has 1 aliphatic carbocycles. The molecule has 130 valence electrons. The number of carbonyl (C=O) groups excluding carboxylic acids is 2. The Bertz CT molecular complexity index is 851. The van der Waals surface area contributed by atoms with E-state index in [0.717, 1.165) is 12.8 Å². The van der Waals surface area contributed by atoms with E-state index in [9.17, 15) is 14.0 Å².